The normalized spacial score (nSPS) is 16.3. The average molecular weight is 337 g/mol. The second kappa shape index (κ2) is 7.63. The van der Waals surface area contributed by atoms with E-state index in [0.717, 1.165) is 48.8 Å². The third-order valence-electron chi connectivity index (χ3n) is 4.77. The Morgan fingerprint density at radius 2 is 2.12 bits per heavy atom. The summed E-state index contributed by atoms with van der Waals surface area (Å²) in [6.07, 6.45) is 9.81. The zero-order valence-electron chi connectivity index (χ0n) is 14.2. The summed E-state index contributed by atoms with van der Waals surface area (Å²) in [7, 11) is 0. The number of pyridine rings is 1. The number of rotatable bonds is 7. The van der Waals surface area contributed by atoms with Gasteiger partial charge in [0.15, 0.2) is 0 Å². The lowest BCUT2D eigenvalue weighted by atomic mass is 10.1. The van der Waals surface area contributed by atoms with E-state index in [2.05, 4.69) is 31.5 Å². The number of nitrogens with one attached hydrogen (secondary N) is 2. The van der Waals surface area contributed by atoms with E-state index in [1.54, 1.807) is 12.5 Å². The molecule has 0 unspecified atom stereocenters. The molecular weight excluding hydrogens is 314 g/mol. The van der Waals surface area contributed by atoms with Crippen LogP contribution < -0.4 is 5.32 Å². The predicted octanol–water partition coefficient (Wildman–Crippen LogP) is 2.99. The smallest absolute Gasteiger partial charge is 0.122 e. The van der Waals surface area contributed by atoms with Gasteiger partial charge >= 0.3 is 0 Å². The summed E-state index contributed by atoms with van der Waals surface area (Å²) in [5.41, 5.74) is 3.22. The molecule has 25 heavy (non-hydrogen) atoms. The van der Waals surface area contributed by atoms with Crippen molar-refractivity contribution in [3.8, 4) is 11.3 Å². The highest BCUT2D eigenvalue weighted by Gasteiger charge is 2.25. The monoisotopic (exact) mass is 337 g/mol. The number of nitrogens with zero attached hydrogens (tertiary/aromatic N) is 3. The highest BCUT2D eigenvalue weighted by Crippen LogP contribution is 2.25. The van der Waals surface area contributed by atoms with Crippen LogP contribution in [0.3, 0.4) is 0 Å². The van der Waals surface area contributed by atoms with Gasteiger partial charge in [0.2, 0.25) is 0 Å². The Morgan fingerprint density at radius 3 is 2.88 bits per heavy atom. The van der Waals surface area contributed by atoms with Crippen molar-refractivity contribution in [2.24, 2.45) is 0 Å². The van der Waals surface area contributed by atoms with Gasteiger partial charge in [-0.25, -0.2) is 0 Å². The van der Waals surface area contributed by atoms with Crippen LogP contribution >= 0.6 is 0 Å². The highest BCUT2D eigenvalue weighted by molar-refractivity contribution is 5.61. The molecule has 3 aromatic rings. The van der Waals surface area contributed by atoms with Crippen molar-refractivity contribution < 1.29 is 4.42 Å². The Hall–Kier alpha value is -2.44. The SMILES string of the molecule is c1cncc(-c2[nH]ncc2CNC[C@H](c2ccco2)N2CCCC2)c1. The van der Waals surface area contributed by atoms with Gasteiger partial charge in [-0.3, -0.25) is 15.0 Å². The van der Waals surface area contributed by atoms with Crippen LogP contribution in [0.25, 0.3) is 11.3 Å². The van der Waals surface area contributed by atoms with E-state index in [1.807, 2.05) is 30.6 Å². The number of hydrogen-bond donors (Lipinski definition) is 2. The molecule has 0 radical (unpaired) electrons. The minimum absolute atomic E-state index is 0.284. The van der Waals surface area contributed by atoms with Crippen molar-refractivity contribution in [1.29, 1.82) is 0 Å². The number of furan rings is 1. The van der Waals surface area contributed by atoms with Crippen molar-refractivity contribution >= 4 is 0 Å². The zero-order valence-corrected chi connectivity index (χ0v) is 14.2. The Kier molecular flexibility index (Phi) is 4.90. The molecule has 1 aliphatic rings. The van der Waals surface area contributed by atoms with Gasteiger partial charge in [0, 0.05) is 36.6 Å². The van der Waals surface area contributed by atoms with Crippen molar-refractivity contribution in [3.05, 3.63) is 60.4 Å². The number of hydrogen-bond acceptors (Lipinski definition) is 5. The molecule has 1 atom stereocenters. The van der Waals surface area contributed by atoms with Crippen LogP contribution in [0, 0.1) is 0 Å². The summed E-state index contributed by atoms with van der Waals surface area (Å²) in [4.78, 5) is 6.69. The first-order chi connectivity index (χ1) is 12.4. The van der Waals surface area contributed by atoms with Crippen LogP contribution in [0.15, 0.2) is 53.5 Å². The molecule has 0 aromatic carbocycles. The lowest BCUT2D eigenvalue weighted by molar-refractivity contribution is 0.209. The summed E-state index contributed by atoms with van der Waals surface area (Å²) in [5, 5.41) is 10.9. The number of likely N-dealkylation sites (tertiary alicyclic amines) is 1. The molecule has 4 rings (SSSR count). The molecule has 6 nitrogen and oxygen atoms in total. The van der Waals surface area contributed by atoms with E-state index in [9.17, 15) is 0 Å². The van der Waals surface area contributed by atoms with Crippen molar-refractivity contribution in [2.45, 2.75) is 25.4 Å². The fourth-order valence-corrected chi connectivity index (χ4v) is 3.49. The maximum atomic E-state index is 5.68. The molecule has 0 bridgehead atoms. The van der Waals surface area contributed by atoms with Gasteiger partial charge in [-0.15, -0.1) is 0 Å². The van der Waals surface area contributed by atoms with E-state index in [1.165, 1.54) is 12.8 Å². The summed E-state index contributed by atoms with van der Waals surface area (Å²) >= 11 is 0. The second-order valence-corrected chi connectivity index (χ2v) is 6.42. The zero-order chi connectivity index (χ0) is 16.9. The minimum Gasteiger partial charge on any atom is -0.468 e. The Bertz CT molecular complexity index is 762. The molecule has 4 heterocycles. The third-order valence-corrected chi connectivity index (χ3v) is 4.77. The highest BCUT2D eigenvalue weighted by atomic mass is 16.3. The molecule has 6 heteroatoms. The van der Waals surface area contributed by atoms with Crippen LogP contribution in [0.4, 0.5) is 0 Å². The molecule has 0 saturated carbocycles. The van der Waals surface area contributed by atoms with Gasteiger partial charge in [0.1, 0.15) is 5.76 Å². The molecule has 130 valence electrons. The maximum absolute atomic E-state index is 5.68. The van der Waals surface area contributed by atoms with Crippen molar-refractivity contribution in [1.82, 2.24) is 25.4 Å². The standard InChI is InChI=1S/C19H23N5O/c1-2-9-24(8-1)17(18-6-4-10-25-18)14-21-12-16-13-22-23-19(16)15-5-3-7-20-11-15/h3-7,10-11,13,17,21H,1-2,8-9,12,14H2,(H,22,23)/t17-/m1/s1. The molecule has 0 spiro atoms. The first-order valence-corrected chi connectivity index (χ1v) is 8.82. The summed E-state index contributed by atoms with van der Waals surface area (Å²) in [6, 6.07) is 8.30. The lowest BCUT2D eigenvalue weighted by Crippen LogP contribution is -2.33. The van der Waals surface area contributed by atoms with Crippen LogP contribution in [-0.2, 0) is 6.54 Å². The molecule has 1 saturated heterocycles. The lowest BCUT2D eigenvalue weighted by Gasteiger charge is -2.26. The van der Waals surface area contributed by atoms with Gasteiger partial charge in [-0.2, -0.15) is 5.10 Å². The summed E-state index contributed by atoms with van der Waals surface area (Å²) in [6.45, 7) is 3.89. The molecular formula is C19H23N5O. The molecule has 0 amide bonds. The molecule has 1 aliphatic heterocycles. The van der Waals surface area contributed by atoms with Crippen LogP contribution in [0.2, 0.25) is 0 Å². The molecule has 0 aliphatic carbocycles. The average Bonchev–Trinajstić information content (AvgIpc) is 3.42. The van der Waals surface area contributed by atoms with Gasteiger partial charge in [0.05, 0.1) is 24.2 Å². The molecule has 2 N–H and O–H groups in total. The van der Waals surface area contributed by atoms with Gasteiger partial charge < -0.3 is 9.73 Å². The van der Waals surface area contributed by atoms with E-state index in [4.69, 9.17) is 4.42 Å². The van der Waals surface area contributed by atoms with Crippen LogP contribution in [-0.4, -0.2) is 39.7 Å². The first-order valence-electron chi connectivity index (χ1n) is 8.82. The van der Waals surface area contributed by atoms with E-state index in [-0.39, 0.29) is 6.04 Å². The van der Waals surface area contributed by atoms with Crippen molar-refractivity contribution in [3.63, 3.8) is 0 Å². The number of aromatic amines is 1. The molecule has 1 fully saturated rings. The topological polar surface area (TPSA) is 70.0 Å². The maximum Gasteiger partial charge on any atom is 0.122 e. The Morgan fingerprint density at radius 1 is 1.20 bits per heavy atom. The Labute approximate surface area is 147 Å². The van der Waals surface area contributed by atoms with Gasteiger partial charge in [-0.1, -0.05) is 0 Å². The number of H-pyrrole nitrogens is 1. The number of aromatic nitrogens is 3. The third kappa shape index (κ3) is 3.65. The van der Waals surface area contributed by atoms with Gasteiger partial charge in [-0.05, 0) is 50.2 Å². The fraction of sp³-hybridized carbons (Fsp3) is 0.368. The van der Waals surface area contributed by atoms with Crippen LogP contribution in [0.1, 0.15) is 30.2 Å². The molecule has 3 aromatic heterocycles. The van der Waals surface area contributed by atoms with Crippen molar-refractivity contribution in [2.75, 3.05) is 19.6 Å². The Balaban J connectivity index is 1.42. The predicted molar refractivity (Wildman–Crippen MR) is 95.8 cm³/mol. The van der Waals surface area contributed by atoms with Gasteiger partial charge in [0.25, 0.3) is 0 Å². The van der Waals surface area contributed by atoms with E-state index in [0.29, 0.717) is 0 Å². The fourth-order valence-electron chi connectivity index (χ4n) is 3.49. The van der Waals surface area contributed by atoms with E-state index >= 15 is 0 Å². The van der Waals surface area contributed by atoms with E-state index < -0.39 is 0 Å². The second-order valence-electron chi connectivity index (χ2n) is 6.42. The quantitative estimate of drug-likeness (QED) is 0.693. The first kappa shape index (κ1) is 16.1. The minimum atomic E-state index is 0.284. The largest absolute Gasteiger partial charge is 0.468 e. The van der Waals surface area contributed by atoms with Crippen LogP contribution in [0.5, 0.6) is 0 Å². The summed E-state index contributed by atoms with van der Waals surface area (Å²) in [5.74, 6) is 1.04. The summed E-state index contributed by atoms with van der Waals surface area (Å²) < 4.78 is 5.68.